The first-order chi connectivity index (χ1) is 4.61. The molecule has 0 aliphatic carbocycles. The number of halogens is 1. The van der Waals surface area contributed by atoms with Crippen LogP contribution in [0.15, 0.2) is 6.07 Å². The van der Waals surface area contributed by atoms with Crippen LogP contribution in [-0.2, 0) is 7.05 Å². The van der Waals surface area contributed by atoms with Crippen LogP contribution < -0.4 is 0 Å². The normalized spacial score (nSPS) is 9.80. The summed E-state index contributed by atoms with van der Waals surface area (Å²) in [5.74, 6) is -0.987. The third-order valence-corrected chi connectivity index (χ3v) is 2.05. The van der Waals surface area contributed by atoms with E-state index < -0.39 is 5.97 Å². The van der Waals surface area contributed by atoms with E-state index in [0.717, 1.165) is 3.70 Å². The molecule has 0 saturated carbocycles. The maximum absolute atomic E-state index is 10.3. The predicted octanol–water partition coefficient (Wildman–Crippen LogP) is 0.723. The number of aryl methyl sites for hydroxylation is 1. The minimum absolute atomic E-state index is 0.0897. The topological polar surface area (TPSA) is 55.1 Å². The Labute approximate surface area is 71.0 Å². The smallest absolute Gasteiger partial charge is 0.356 e. The highest BCUT2D eigenvalue weighted by Gasteiger charge is 2.07. The number of nitrogens with zero attached hydrogens (tertiary/aromatic N) is 2. The number of hydrogen-bond acceptors (Lipinski definition) is 2. The van der Waals surface area contributed by atoms with E-state index in [-0.39, 0.29) is 5.69 Å². The first-order valence-corrected chi connectivity index (χ1v) is 3.62. The summed E-state index contributed by atoms with van der Waals surface area (Å²) in [6.45, 7) is 0. The molecule has 0 aliphatic heterocycles. The van der Waals surface area contributed by atoms with Crippen molar-refractivity contribution in [2.24, 2.45) is 7.05 Å². The molecule has 0 saturated heterocycles. The highest BCUT2D eigenvalue weighted by molar-refractivity contribution is 14.1. The molecule has 1 heterocycles. The fourth-order valence-electron chi connectivity index (χ4n) is 0.549. The third kappa shape index (κ3) is 1.28. The number of aromatic nitrogens is 2. The minimum Gasteiger partial charge on any atom is -0.476 e. The molecule has 1 aromatic heterocycles. The lowest BCUT2D eigenvalue weighted by atomic mass is 10.5. The van der Waals surface area contributed by atoms with Crippen LogP contribution in [0.2, 0.25) is 0 Å². The number of carbonyl (C=O) groups is 1. The van der Waals surface area contributed by atoms with Gasteiger partial charge in [0, 0.05) is 13.1 Å². The lowest BCUT2D eigenvalue weighted by Crippen LogP contribution is -1.99. The van der Waals surface area contributed by atoms with Gasteiger partial charge in [-0.15, -0.1) is 0 Å². The van der Waals surface area contributed by atoms with Crippen molar-refractivity contribution in [1.29, 1.82) is 0 Å². The number of hydrogen-bond donors (Lipinski definition) is 1. The van der Waals surface area contributed by atoms with Crippen molar-refractivity contribution in [1.82, 2.24) is 9.78 Å². The van der Waals surface area contributed by atoms with Gasteiger partial charge in [0.2, 0.25) is 0 Å². The van der Waals surface area contributed by atoms with Gasteiger partial charge >= 0.3 is 5.97 Å². The van der Waals surface area contributed by atoms with Crippen LogP contribution in [0, 0.1) is 3.70 Å². The second-order valence-electron chi connectivity index (χ2n) is 1.78. The Kier molecular flexibility index (Phi) is 1.93. The average Bonchev–Trinajstić information content (AvgIpc) is 2.13. The SMILES string of the molecule is Cn1nc(C(=O)O)cc1I. The highest BCUT2D eigenvalue weighted by Crippen LogP contribution is 2.04. The van der Waals surface area contributed by atoms with E-state index in [1.54, 1.807) is 7.05 Å². The van der Waals surface area contributed by atoms with Crippen LogP contribution in [0.1, 0.15) is 10.5 Å². The molecule has 0 aliphatic rings. The number of carboxylic acid groups (broad SMARTS) is 1. The molecule has 5 heteroatoms. The minimum atomic E-state index is -0.987. The molecule has 0 bridgehead atoms. The largest absolute Gasteiger partial charge is 0.476 e. The Hall–Kier alpha value is -0.590. The molecule has 0 aromatic carbocycles. The third-order valence-electron chi connectivity index (χ3n) is 1.04. The van der Waals surface area contributed by atoms with E-state index in [9.17, 15) is 4.79 Å². The molecule has 0 radical (unpaired) electrons. The van der Waals surface area contributed by atoms with Gasteiger partial charge < -0.3 is 5.11 Å². The Morgan fingerprint density at radius 3 is 2.70 bits per heavy atom. The summed E-state index contributed by atoms with van der Waals surface area (Å²) < 4.78 is 2.33. The van der Waals surface area contributed by atoms with E-state index >= 15 is 0 Å². The Balaban J connectivity index is 3.10. The molecular weight excluding hydrogens is 247 g/mol. The second kappa shape index (κ2) is 2.57. The summed E-state index contributed by atoms with van der Waals surface area (Å²) in [6.07, 6.45) is 0. The molecule has 4 nitrogen and oxygen atoms in total. The number of aromatic carboxylic acids is 1. The standard InChI is InChI=1S/C5H5IN2O2/c1-8-4(6)2-3(7-8)5(9)10/h2H,1H3,(H,9,10). The monoisotopic (exact) mass is 252 g/mol. The molecule has 0 unspecified atom stereocenters. The van der Waals surface area contributed by atoms with Crippen LogP contribution in [0.3, 0.4) is 0 Å². The molecule has 1 rings (SSSR count). The first kappa shape index (κ1) is 7.52. The van der Waals surface area contributed by atoms with E-state index in [2.05, 4.69) is 5.10 Å². The zero-order valence-corrected chi connectivity index (χ0v) is 7.36. The van der Waals surface area contributed by atoms with Crippen molar-refractivity contribution in [3.05, 3.63) is 15.5 Å². The van der Waals surface area contributed by atoms with Gasteiger partial charge in [0.25, 0.3) is 0 Å². The summed E-state index contributed by atoms with van der Waals surface area (Å²) in [6, 6.07) is 1.52. The number of carboxylic acids is 1. The zero-order chi connectivity index (χ0) is 7.72. The zero-order valence-electron chi connectivity index (χ0n) is 5.21. The van der Waals surface area contributed by atoms with Crippen molar-refractivity contribution in [3.8, 4) is 0 Å². The fraction of sp³-hybridized carbons (Fsp3) is 0.200. The van der Waals surface area contributed by atoms with Gasteiger partial charge in [0.1, 0.15) is 0 Å². The molecule has 0 amide bonds. The van der Waals surface area contributed by atoms with Gasteiger partial charge in [-0.05, 0) is 22.6 Å². The molecule has 0 atom stereocenters. The van der Waals surface area contributed by atoms with Gasteiger partial charge in [-0.2, -0.15) is 5.10 Å². The van der Waals surface area contributed by atoms with Crippen LogP contribution in [0.5, 0.6) is 0 Å². The fourth-order valence-corrected chi connectivity index (χ4v) is 0.952. The van der Waals surface area contributed by atoms with Crippen LogP contribution in [-0.4, -0.2) is 20.9 Å². The van der Waals surface area contributed by atoms with E-state index in [1.165, 1.54) is 10.7 Å². The molecule has 10 heavy (non-hydrogen) atoms. The maximum Gasteiger partial charge on any atom is 0.356 e. The average molecular weight is 252 g/mol. The molecular formula is C5H5IN2O2. The molecule has 0 fully saturated rings. The van der Waals surface area contributed by atoms with Gasteiger partial charge in [-0.25, -0.2) is 4.79 Å². The summed E-state index contributed by atoms with van der Waals surface area (Å²) in [7, 11) is 1.70. The highest BCUT2D eigenvalue weighted by atomic mass is 127. The van der Waals surface area contributed by atoms with E-state index in [0.29, 0.717) is 0 Å². The molecule has 1 aromatic rings. The van der Waals surface area contributed by atoms with Crippen molar-refractivity contribution in [2.75, 3.05) is 0 Å². The van der Waals surface area contributed by atoms with Crippen molar-refractivity contribution in [3.63, 3.8) is 0 Å². The summed E-state index contributed by atoms with van der Waals surface area (Å²) >= 11 is 2.02. The summed E-state index contributed by atoms with van der Waals surface area (Å²) in [5, 5.41) is 12.2. The van der Waals surface area contributed by atoms with Gasteiger partial charge in [0.05, 0.1) is 3.70 Å². The Bertz CT molecular complexity index is 249. The summed E-state index contributed by atoms with van der Waals surface area (Å²) in [5.41, 5.74) is 0.0897. The van der Waals surface area contributed by atoms with E-state index in [4.69, 9.17) is 5.11 Å². The molecule has 1 N–H and O–H groups in total. The number of rotatable bonds is 1. The van der Waals surface area contributed by atoms with E-state index in [1.807, 2.05) is 22.6 Å². The molecule has 0 spiro atoms. The van der Waals surface area contributed by atoms with Crippen molar-refractivity contribution < 1.29 is 9.90 Å². The van der Waals surface area contributed by atoms with Gasteiger partial charge in [0.15, 0.2) is 5.69 Å². The Morgan fingerprint density at radius 1 is 1.90 bits per heavy atom. The van der Waals surface area contributed by atoms with Crippen molar-refractivity contribution in [2.45, 2.75) is 0 Å². The second-order valence-corrected chi connectivity index (χ2v) is 2.89. The molecule has 54 valence electrons. The lowest BCUT2D eigenvalue weighted by molar-refractivity contribution is 0.0689. The van der Waals surface area contributed by atoms with Crippen LogP contribution in [0.4, 0.5) is 0 Å². The van der Waals surface area contributed by atoms with Crippen LogP contribution in [0.25, 0.3) is 0 Å². The maximum atomic E-state index is 10.3. The quantitative estimate of drug-likeness (QED) is 0.749. The Morgan fingerprint density at radius 2 is 2.50 bits per heavy atom. The van der Waals surface area contributed by atoms with Gasteiger partial charge in [-0.3, -0.25) is 4.68 Å². The van der Waals surface area contributed by atoms with Crippen molar-refractivity contribution >= 4 is 28.6 Å². The van der Waals surface area contributed by atoms with Crippen LogP contribution >= 0.6 is 22.6 Å². The lowest BCUT2D eigenvalue weighted by Gasteiger charge is -1.86. The van der Waals surface area contributed by atoms with Gasteiger partial charge in [-0.1, -0.05) is 0 Å². The summed E-state index contributed by atoms with van der Waals surface area (Å²) in [4.78, 5) is 10.3. The first-order valence-electron chi connectivity index (χ1n) is 2.54. The predicted molar refractivity (Wildman–Crippen MR) is 42.9 cm³/mol.